The average molecular weight is 460 g/mol. The van der Waals surface area contributed by atoms with E-state index in [0.717, 1.165) is 4.57 Å². The maximum Gasteiger partial charge on any atom is 0.490 e. The summed E-state index contributed by atoms with van der Waals surface area (Å²) in [5, 5.41) is 13.1. The number of rotatable bonds is 4. The zero-order valence-electron chi connectivity index (χ0n) is 13.1. The Kier molecular flexibility index (Phi) is 7.78. The highest BCUT2D eigenvalue weighted by Gasteiger charge is 2.38. The smallest absolute Gasteiger partial charge is 0.475 e. The summed E-state index contributed by atoms with van der Waals surface area (Å²) in [5.41, 5.74) is 4.42. The summed E-state index contributed by atoms with van der Waals surface area (Å²) in [4.78, 5) is 24.7. The molecular formula is C13H11BrF5N5O3. The van der Waals surface area contributed by atoms with E-state index in [4.69, 9.17) is 15.6 Å². The van der Waals surface area contributed by atoms with E-state index in [1.165, 1.54) is 6.20 Å². The monoisotopic (exact) mass is 459 g/mol. The third-order valence-electron chi connectivity index (χ3n) is 2.81. The van der Waals surface area contributed by atoms with Gasteiger partial charge in [-0.05, 0) is 12.1 Å². The first kappa shape index (κ1) is 22.4. The number of pyridine rings is 1. The fraction of sp³-hybridized carbons (Fsp3) is 0.231. The summed E-state index contributed by atoms with van der Waals surface area (Å²) in [6.45, 7) is -0.310. The zero-order chi connectivity index (χ0) is 20.8. The standard InChI is InChI=1S/C11H10BrF2N5O.C2HF3O2/c12-7-1-2-16-8(4-7)19-9(17-18-11(19)20)3-6(5-15)10(13)14;3-2(4,5)1(6)7/h1-2,4H,3,5,15H2,(H,18,20);(H,6,7). The van der Waals surface area contributed by atoms with Crippen LogP contribution in [-0.2, 0) is 11.2 Å². The van der Waals surface area contributed by atoms with Crippen LogP contribution in [0.3, 0.4) is 0 Å². The summed E-state index contributed by atoms with van der Waals surface area (Å²) in [6.07, 6.45) is -5.69. The molecule has 2 rings (SSSR count). The number of H-pyrrole nitrogens is 1. The van der Waals surface area contributed by atoms with Crippen molar-refractivity contribution in [3.63, 3.8) is 0 Å². The Morgan fingerprint density at radius 3 is 2.41 bits per heavy atom. The number of halogens is 6. The van der Waals surface area contributed by atoms with E-state index in [1.54, 1.807) is 12.1 Å². The SMILES string of the molecule is NCC(Cc1n[nH]c(=O)n1-c1cc(Br)ccn1)=C(F)F.O=C(O)C(F)(F)F. The molecule has 0 amide bonds. The molecule has 27 heavy (non-hydrogen) atoms. The van der Waals surface area contributed by atoms with Gasteiger partial charge in [-0.2, -0.15) is 27.1 Å². The molecule has 2 aromatic heterocycles. The quantitative estimate of drug-likeness (QED) is 0.600. The Bertz CT molecular complexity index is 889. The maximum absolute atomic E-state index is 12.6. The van der Waals surface area contributed by atoms with Gasteiger partial charge in [-0.3, -0.25) is 0 Å². The molecule has 0 aliphatic carbocycles. The highest BCUT2D eigenvalue weighted by atomic mass is 79.9. The van der Waals surface area contributed by atoms with Crippen LogP contribution >= 0.6 is 15.9 Å². The first-order valence-corrected chi connectivity index (χ1v) is 7.58. The van der Waals surface area contributed by atoms with Crippen LogP contribution in [0.2, 0.25) is 0 Å². The number of nitrogens with one attached hydrogen (secondary N) is 1. The number of nitrogens with two attached hydrogens (primary N) is 1. The van der Waals surface area contributed by atoms with Gasteiger partial charge in [-0.1, -0.05) is 15.9 Å². The van der Waals surface area contributed by atoms with Crippen molar-refractivity contribution < 1.29 is 31.9 Å². The zero-order valence-corrected chi connectivity index (χ0v) is 14.7. The Morgan fingerprint density at radius 2 is 1.96 bits per heavy atom. The van der Waals surface area contributed by atoms with Crippen LogP contribution in [0.25, 0.3) is 5.82 Å². The third kappa shape index (κ3) is 6.56. The van der Waals surface area contributed by atoms with E-state index < -0.39 is 23.9 Å². The van der Waals surface area contributed by atoms with Gasteiger partial charge in [-0.15, -0.1) is 0 Å². The molecule has 0 spiro atoms. The Balaban J connectivity index is 0.000000445. The van der Waals surface area contributed by atoms with Gasteiger partial charge >= 0.3 is 17.8 Å². The van der Waals surface area contributed by atoms with E-state index in [2.05, 4.69) is 31.1 Å². The fourth-order valence-electron chi connectivity index (χ4n) is 1.61. The minimum absolute atomic E-state index is 0.119. The predicted octanol–water partition coefficient (Wildman–Crippen LogP) is 2.00. The molecule has 0 unspecified atom stereocenters. The van der Waals surface area contributed by atoms with E-state index >= 15 is 0 Å². The van der Waals surface area contributed by atoms with Gasteiger partial charge in [-0.25, -0.2) is 24.2 Å². The first-order chi connectivity index (χ1) is 12.5. The fourth-order valence-corrected chi connectivity index (χ4v) is 1.93. The second-order valence-corrected chi connectivity index (χ2v) is 5.58. The number of aromatic amines is 1. The lowest BCUT2D eigenvalue weighted by Gasteiger charge is -2.06. The van der Waals surface area contributed by atoms with E-state index in [0.29, 0.717) is 4.47 Å². The summed E-state index contributed by atoms with van der Waals surface area (Å²) >= 11 is 3.25. The van der Waals surface area contributed by atoms with Crippen molar-refractivity contribution in [3.05, 3.63) is 50.8 Å². The number of aliphatic carboxylic acids is 1. The Hall–Kier alpha value is -2.61. The number of nitrogens with zero attached hydrogens (tertiary/aromatic N) is 3. The molecule has 0 aromatic carbocycles. The molecule has 4 N–H and O–H groups in total. The van der Waals surface area contributed by atoms with Crippen LogP contribution in [0, 0.1) is 0 Å². The van der Waals surface area contributed by atoms with Gasteiger partial charge in [0.2, 0.25) is 0 Å². The molecule has 8 nitrogen and oxygen atoms in total. The number of carboxylic acids is 1. The molecule has 2 heterocycles. The maximum atomic E-state index is 12.6. The van der Waals surface area contributed by atoms with Gasteiger partial charge < -0.3 is 10.8 Å². The Morgan fingerprint density at radius 1 is 1.37 bits per heavy atom. The lowest BCUT2D eigenvalue weighted by atomic mass is 10.2. The minimum Gasteiger partial charge on any atom is -0.475 e. The second-order valence-electron chi connectivity index (χ2n) is 4.66. The van der Waals surface area contributed by atoms with Crippen molar-refractivity contribution in [2.75, 3.05) is 6.54 Å². The minimum atomic E-state index is -5.08. The largest absolute Gasteiger partial charge is 0.490 e. The average Bonchev–Trinajstić information content (AvgIpc) is 2.92. The van der Waals surface area contributed by atoms with Gasteiger partial charge in [0.1, 0.15) is 11.6 Å². The number of aromatic nitrogens is 4. The lowest BCUT2D eigenvalue weighted by molar-refractivity contribution is -0.192. The van der Waals surface area contributed by atoms with Crippen molar-refractivity contribution in [2.24, 2.45) is 5.73 Å². The highest BCUT2D eigenvalue weighted by molar-refractivity contribution is 9.10. The Labute approximate surface area is 155 Å². The molecule has 14 heteroatoms. The molecule has 0 saturated carbocycles. The molecule has 148 valence electrons. The summed E-state index contributed by atoms with van der Waals surface area (Å²) in [5.74, 6) is -2.36. The van der Waals surface area contributed by atoms with Crippen LogP contribution in [-0.4, -0.2) is 43.5 Å². The van der Waals surface area contributed by atoms with Crippen molar-refractivity contribution >= 4 is 21.9 Å². The predicted molar refractivity (Wildman–Crippen MR) is 85.4 cm³/mol. The van der Waals surface area contributed by atoms with Crippen molar-refractivity contribution in [2.45, 2.75) is 12.6 Å². The molecule has 2 aromatic rings. The van der Waals surface area contributed by atoms with Crippen molar-refractivity contribution in [1.82, 2.24) is 19.7 Å². The molecule has 0 fully saturated rings. The van der Waals surface area contributed by atoms with Gasteiger partial charge in [0.25, 0.3) is 6.08 Å². The lowest BCUT2D eigenvalue weighted by Crippen LogP contribution is -2.21. The third-order valence-corrected chi connectivity index (χ3v) is 3.30. The number of alkyl halides is 3. The highest BCUT2D eigenvalue weighted by Crippen LogP contribution is 2.16. The molecular weight excluding hydrogens is 449 g/mol. The van der Waals surface area contributed by atoms with Crippen LogP contribution < -0.4 is 11.4 Å². The molecule has 0 aliphatic heterocycles. The molecule has 0 bridgehead atoms. The van der Waals surface area contributed by atoms with Crippen LogP contribution in [0.5, 0.6) is 0 Å². The van der Waals surface area contributed by atoms with Gasteiger partial charge in [0, 0.05) is 29.2 Å². The van der Waals surface area contributed by atoms with Gasteiger partial charge in [0.15, 0.2) is 0 Å². The second kappa shape index (κ2) is 9.36. The van der Waals surface area contributed by atoms with Crippen LogP contribution in [0.15, 0.2) is 39.3 Å². The number of hydrogen-bond acceptors (Lipinski definition) is 5. The summed E-state index contributed by atoms with van der Waals surface area (Å²) in [6, 6.07) is 3.26. The number of carboxylic acid groups (broad SMARTS) is 1. The van der Waals surface area contributed by atoms with E-state index in [1.807, 2.05) is 0 Å². The molecule has 0 atom stereocenters. The van der Waals surface area contributed by atoms with Gasteiger partial charge in [0.05, 0.1) is 0 Å². The normalized spacial score (nSPS) is 10.8. The number of carbonyl (C=O) groups is 1. The number of hydrogen-bond donors (Lipinski definition) is 3. The van der Waals surface area contributed by atoms with Crippen molar-refractivity contribution in [1.29, 1.82) is 0 Å². The molecule has 0 aliphatic rings. The van der Waals surface area contributed by atoms with E-state index in [9.17, 15) is 26.7 Å². The molecule has 0 saturated heterocycles. The summed E-state index contributed by atoms with van der Waals surface area (Å²) in [7, 11) is 0. The summed E-state index contributed by atoms with van der Waals surface area (Å²) < 4.78 is 58.8. The van der Waals surface area contributed by atoms with Crippen LogP contribution in [0.4, 0.5) is 22.0 Å². The van der Waals surface area contributed by atoms with Crippen molar-refractivity contribution in [3.8, 4) is 5.82 Å². The van der Waals surface area contributed by atoms with E-state index in [-0.39, 0.29) is 30.2 Å². The first-order valence-electron chi connectivity index (χ1n) is 6.78. The molecule has 0 radical (unpaired) electrons. The van der Waals surface area contributed by atoms with Crippen LogP contribution in [0.1, 0.15) is 5.82 Å². The topological polar surface area (TPSA) is 127 Å².